The maximum absolute atomic E-state index is 4.41. The second kappa shape index (κ2) is 6.09. The molecule has 0 saturated carbocycles. The van der Waals surface area contributed by atoms with Crippen molar-refractivity contribution in [2.24, 2.45) is 10.9 Å². The first-order valence-electron chi connectivity index (χ1n) is 7.07. The molecule has 2 rings (SSSR count). The lowest BCUT2D eigenvalue weighted by Crippen LogP contribution is -2.47. The van der Waals surface area contributed by atoms with Gasteiger partial charge in [-0.25, -0.2) is 0 Å². The molecule has 2 unspecified atom stereocenters. The SMILES string of the molecule is CN=C(N(C)C)N1CCC(c2ccccc2)C(C)C1. The number of benzene rings is 1. The van der Waals surface area contributed by atoms with E-state index in [1.807, 2.05) is 7.05 Å². The van der Waals surface area contributed by atoms with E-state index in [0.29, 0.717) is 11.8 Å². The van der Waals surface area contributed by atoms with Crippen LogP contribution in [0.15, 0.2) is 35.3 Å². The van der Waals surface area contributed by atoms with Crippen LogP contribution in [0.25, 0.3) is 0 Å². The average Bonchev–Trinajstić information content (AvgIpc) is 2.40. The van der Waals surface area contributed by atoms with E-state index in [0.717, 1.165) is 19.0 Å². The van der Waals surface area contributed by atoms with Crippen molar-refractivity contribution >= 4 is 5.96 Å². The molecule has 0 aromatic heterocycles. The van der Waals surface area contributed by atoms with Crippen molar-refractivity contribution in [2.75, 3.05) is 34.2 Å². The van der Waals surface area contributed by atoms with Crippen LogP contribution < -0.4 is 0 Å². The molecular formula is C16H25N3. The molecule has 0 bridgehead atoms. The van der Waals surface area contributed by atoms with Gasteiger partial charge in [0.15, 0.2) is 5.96 Å². The van der Waals surface area contributed by atoms with E-state index in [2.05, 4.69) is 66.1 Å². The summed E-state index contributed by atoms with van der Waals surface area (Å²) in [6.07, 6.45) is 1.21. The molecule has 0 N–H and O–H groups in total. The number of hydrogen-bond acceptors (Lipinski definition) is 1. The molecule has 0 radical (unpaired) electrons. The lowest BCUT2D eigenvalue weighted by atomic mass is 9.82. The number of guanidine groups is 1. The highest BCUT2D eigenvalue weighted by Gasteiger charge is 2.29. The number of nitrogens with zero attached hydrogens (tertiary/aromatic N) is 3. The molecule has 1 saturated heterocycles. The largest absolute Gasteiger partial charge is 0.349 e. The van der Waals surface area contributed by atoms with E-state index in [9.17, 15) is 0 Å². The highest BCUT2D eigenvalue weighted by atomic mass is 15.4. The fourth-order valence-corrected chi connectivity index (χ4v) is 3.15. The zero-order chi connectivity index (χ0) is 13.8. The minimum atomic E-state index is 0.660. The van der Waals surface area contributed by atoms with Crippen LogP contribution in [-0.4, -0.2) is 50.0 Å². The Labute approximate surface area is 116 Å². The van der Waals surface area contributed by atoms with Gasteiger partial charge in [-0.05, 0) is 23.8 Å². The topological polar surface area (TPSA) is 18.8 Å². The quantitative estimate of drug-likeness (QED) is 0.570. The number of hydrogen-bond donors (Lipinski definition) is 0. The number of likely N-dealkylation sites (tertiary alicyclic amines) is 1. The lowest BCUT2D eigenvalue weighted by Gasteiger charge is -2.40. The van der Waals surface area contributed by atoms with E-state index in [1.54, 1.807) is 0 Å². The Hall–Kier alpha value is -1.51. The summed E-state index contributed by atoms with van der Waals surface area (Å²) in [5, 5.41) is 0. The monoisotopic (exact) mass is 259 g/mol. The summed E-state index contributed by atoms with van der Waals surface area (Å²) in [7, 11) is 6.01. The van der Waals surface area contributed by atoms with Crippen LogP contribution in [-0.2, 0) is 0 Å². The Morgan fingerprint density at radius 1 is 1.26 bits per heavy atom. The van der Waals surface area contributed by atoms with Gasteiger partial charge in [0, 0.05) is 34.2 Å². The van der Waals surface area contributed by atoms with Gasteiger partial charge in [-0.1, -0.05) is 37.3 Å². The highest BCUT2D eigenvalue weighted by Crippen LogP contribution is 2.32. The first kappa shape index (κ1) is 13.9. The van der Waals surface area contributed by atoms with E-state index < -0.39 is 0 Å². The van der Waals surface area contributed by atoms with Gasteiger partial charge in [-0.2, -0.15) is 0 Å². The van der Waals surface area contributed by atoms with Gasteiger partial charge in [-0.15, -0.1) is 0 Å². The van der Waals surface area contributed by atoms with Crippen molar-refractivity contribution in [3.8, 4) is 0 Å². The van der Waals surface area contributed by atoms with Crippen molar-refractivity contribution in [1.82, 2.24) is 9.80 Å². The summed E-state index contributed by atoms with van der Waals surface area (Å²) in [4.78, 5) is 8.93. The number of aliphatic imine (C=N–C) groups is 1. The Morgan fingerprint density at radius 2 is 1.95 bits per heavy atom. The van der Waals surface area contributed by atoms with Crippen LogP contribution in [0.1, 0.15) is 24.8 Å². The van der Waals surface area contributed by atoms with Gasteiger partial charge in [0.2, 0.25) is 0 Å². The van der Waals surface area contributed by atoms with E-state index in [1.165, 1.54) is 12.0 Å². The van der Waals surface area contributed by atoms with E-state index in [-0.39, 0.29) is 0 Å². The van der Waals surface area contributed by atoms with Crippen molar-refractivity contribution in [2.45, 2.75) is 19.3 Å². The van der Waals surface area contributed by atoms with Gasteiger partial charge >= 0.3 is 0 Å². The zero-order valence-corrected chi connectivity index (χ0v) is 12.5. The van der Waals surface area contributed by atoms with Gasteiger partial charge in [0.25, 0.3) is 0 Å². The van der Waals surface area contributed by atoms with Crippen LogP contribution in [0.2, 0.25) is 0 Å². The molecule has 1 aromatic carbocycles. The normalized spacial score (nSPS) is 24.4. The molecule has 0 spiro atoms. The molecule has 1 fully saturated rings. The maximum atomic E-state index is 4.41. The summed E-state index contributed by atoms with van der Waals surface area (Å²) in [5.74, 6) is 2.43. The second-order valence-corrected chi connectivity index (χ2v) is 5.65. The average molecular weight is 259 g/mol. The van der Waals surface area contributed by atoms with Crippen molar-refractivity contribution < 1.29 is 0 Å². The zero-order valence-electron chi connectivity index (χ0n) is 12.5. The molecule has 1 aliphatic heterocycles. The lowest BCUT2D eigenvalue weighted by molar-refractivity contribution is 0.223. The minimum absolute atomic E-state index is 0.660. The predicted molar refractivity (Wildman–Crippen MR) is 81.6 cm³/mol. The fraction of sp³-hybridized carbons (Fsp3) is 0.562. The molecule has 19 heavy (non-hydrogen) atoms. The summed E-state index contributed by atoms with van der Waals surface area (Å²) in [5.41, 5.74) is 1.48. The molecule has 3 nitrogen and oxygen atoms in total. The van der Waals surface area contributed by atoms with Crippen LogP contribution in [0.4, 0.5) is 0 Å². The predicted octanol–water partition coefficient (Wildman–Crippen LogP) is 2.66. The molecule has 3 heteroatoms. The van der Waals surface area contributed by atoms with E-state index in [4.69, 9.17) is 0 Å². The standard InChI is InChI=1S/C16H25N3/c1-13-12-19(16(17-2)18(3)4)11-10-15(13)14-8-6-5-7-9-14/h5-9,13,15H,10-12H2,1-4H3. The van der Waals surface area contributed by atoms with Gasteiger partial charge in [-0.3, -0.25) is 4.99 Å². The Bertz CT molecular complexity index is 425. The third-order valence-corrected chi connectivity index (χ3v) is 4.02. The molecule has 1 heterocycles. The van der Waals surface area contributed by atoms with E-state index >= 15 is 0 Å². The summed E-state index contributed by atoms with van der Waals surface area (Å²) >= 11 is 0. The highest BCUT2D eigenvalue weighted by molar-refractivity contribution is 5.79. The Morgan fingerprint density at radius 3 is 2.47 bits per heavy atom. The molecule has 0 aliphatic carbocycles. The first-order valence-corrected chi connectivity index (χ1v) is 7.07. The van der Waals surface area contributed by atoms with Crippen molar-refractivity contribution in [3.05, 3.63) is 35.9 Å². The molecule has 104 valence electrons. The molecular weight excluding hydrogens is 234 g/mol. The minimum Gasteiger partial charge on any atom is -0.349 e. The van der Waals surface area contributed by atoms with Crippen LogP contribution in [0, 0.1) is 5.92 Å². The molecule has 2 atom stereocenters. The van der Waals surface area contributed by atoms with Crippen molar-refractivity contribution in [1.29, 1.82) is 0 Å². The fourth-order valence-electron chi connectivity index (χ4n) is 3.15. The third kappa shape index (κ3) is 3.09. The Kier molecular flexibility index (Phi) is 4.46. The van der Waals surface area contributed by atoms with Crippen LogP contribution in [0.5, 0.6) is 0 Å². The second-order valence-electron chi connectivity index (χ2n) is 5.65. The molecule has 1 aliphatic rings. The van der Waals surface area contributed by atoms with Gasteiger partial charge in [0.05, 0.1) is 0 Å². The summed E-state index contributed by atoms with van der Waals surface area (Å²) < 4.78 is 0. The van der Waals surface area contributed by atoms with Crippen LogP contribution in [0.3, 0.4) is 0 Å². The van der Waals surface area contributed by atoms with Crippen LogP contribution >= 0.6 is 0 Å². The molecule has 0 amide bonds. The third-order valence-electron chi connectivity index (χ3n) is 4.02. The maximum Gasteiger partial charge on any atom is 0.195 e. The number of piperidine rings is 1. The first-order chi connectivity index (χ1) is 9.13. The smallest absolute Gasteiger partial charge is 0.195 e. The number of rotatable bonds is 1. The Balaban J connectivity index is 2.07. The van der Waals surface area contributed by atoms with Gasteiger partial charge in [0.1, 0.15) is 0 Å². The van der Waals surface area contributed by atoms with Crippen molar-refractivity contribution in [3.63, 3.8) is 0 Å². The van der Waals surface area contributed by atoms with Gasteiger partial charge < -0.3 is 9.80 Å². The molecule has 1 aromatic rings. The summed E-state index contributed by atoms with van der Waals surface area (Å²) in [6.45, 7) is 4.53. The summed E-state index contributed by atoms with van der Waals surface area (Å²) in [6, 6.07) is 10.9.